The lowest BCUT2D eigenvalue weighted by Crippen LogP contribution is -2.47. The number of halogens is 4. The van der Waals surface area contributed by atoms with E-state index in [0.717, 1.165) is 65.9 Å². The highest BCUT2D eigenvalue weighted by atomic mass is 127. The van der Waals surface area contributed by atoms with Crippen LogP contribution >= 0.6 is 34.4 Å². The summed E-state index contributed by atoms with van der Waals surface area (Å²) >= 11 is 3.28. The molecule has 1 atom stereocenters. The van der Waals surface area contributed by atoms with Crippen molar-refractivity contribution < 1.29 is 27.4 Å². The molecule has 8 nitrogen and oxygen atoms in total. The highest BCUT2D eigenvalue weighted by Crippen LogP contribution is 2.39. The van der Waals surface area contributed by atoms with Gasteiger partial charge in [0.15, 0.2) is 6.29 Å². The Balaban J connectivity index is 1.25. The van der Waals surface area contributed by atoms with Gasteiger partial charge >= 0.3 is 6.18 Å². The maximum atomic E-state index is 13.6. The number of benzene rings is 2. The van der Waals surface area contributed by atoms with Crippen LogP contribution in [0, 0.1) is 26.7 Å². The van der Waals surface area contributed by atoms with Crippen molar-refractivity contribution in [3.63, 3.8) is 0 Å². The highest BCUT2D eigenvalue weighted by molar-refractivity contribution is 14.1. The molecule has 1 unspecified atom stereocenters. The average molecular weight is 750 g/mol. The summed E-state index contributed by atoms with van der Waals surface area (Å²) in [7, 11) is 0. The molecule has 0 radical (unpaired) electrons. The lowest BCUT2D eigenvalue weighted by Gasteiger charge is -2.33. The first-order chi connectivity index (χ1) is 21.8. The standard InChI is InChI=1S/C32H31F3IN5O3S/c33-32(34,35)27-19-26(10-9-24(27)20-37)45-28-21-38-31(39-30(28)44-22-23-6-5-7-25(36)18-23)41-14-12-40(13-15-41)11-2-4-17-43-29-8-1-3-16-42-29/h5-7,9-10,18-19,21,29H,1,3,8,11-17,22H2. The van der Waals surface area contributed by atoms with Crippen LogP contribution in [0.1, 0.15) is 36.0 Å². The number of nitriles is 1. The quantitative estimate of drug-likeness (QED) is 0.183. The van der Waals surface area contributed by atoms with Crippen LogP contribution in [-0.4, -0.2) is 67.1 Å². The molecule has 2 aromatic carbocycles. The summed E-state index contributed by atoms with van der Waals surface area (Å²) < 4.78 is 59.2. The summed E-state index contributed by atoms with van der Waals surface area (Å²) in [6.07, 6.45) is -0.106. The normalized spacial score (nSPS) is 17.3. The van der Waals surface area contributed by atoms with Crippen LogP contribution in [0.3, 0.4) is 0 Å². The van der Waals surface area contributed by atoms with E-state index in [4.69, 9.17) is 24.5 Å². The third kappa shape index (κ3) is 9.70. The lowest BCUT2D eigenvalue weighted by atomic mass is 10.1. The van der Waals surface area contributed by atoms with Gasteiger partial charge in [0.1, 0.15) is 13.2 Å². The SMILES string of the molecule is N#Cc1ccc(Sc2cnc(N3CCN(CC#CCOC4CCCCO4)CC3)nc2OCc2cccc(I)c2)cc1C(F)(F)F. The molecule has 1 aromatic heterocycles. The van der Waals surface area contributed by atoms with Crippen molar-refractivity contribution in [3.05, 3.63) is 68.9 Å². The zero-order chi connectivity index (χ0) is 31.6. The fraction of sp³-hybridized carbons (Fsp3) is 0.406. The Morgan fingerprint density at radius 3 is 2.67 bits per heavy atom. The van der Waals surface area contributed by atoms with Gasteiger partial charge in [-0.1, -0.05) is 35.7 Å². The largest absolute Gasteiger partial charge is 0.472 e. The summed E-state index contributed by atoms with van der Waals surface area (Å²) in [6.45, 7) is 4.86. The summed E-state index contributed by atoms with van der Waals surface area (Å²) in [5, 5.41) is 9.16. The molecule has 0 bridgehead atoms. The second-order valence-electron chi connectivity index (χ2n) is 10.4. The smallest absolute Gasteiger partial charge is 0.417 e. The van der Waals surface area contributed by atoms with Gasteiger partial charge in [0, 0.05) is 41.3 Å². The highest BCUT2D eigenvalue weighted by Gasteiger charge is 2.34. The second-order valence-corrected chi connectivity index (χ2v) is 12.8. The van der Waals surface area contributed by atoms with E-state index in [-0.39, 0.29) is 18.8 Å². The first kappa shape index (κ1) is 33.3. The van der Waals surface area contributed by atoms with Gasteiger partial charge in [-0.3, -0.25) is 4.90 Å². The number of aromatic nitrogens is 2. The number of alkyl halides is 3. The van der Waals surface area contributed by atoms with E-state index in [0.29, 0.717) is 42.0 Å². The Morgan fingerprint density at radius 2 is 1.93 bits per heavy atom. The molecule has 3 aromatic rings. The summed E-state index contributed by atoms with van der Waals surface area (Å²) in [5.74, 6) is 7.02. The van der Waals surface area contributed by atoms with Crippen LogP contribution in [-0.2, 0) is 22.3 Å². The first-order valence-corrected chi connectivity index (χ1v) is 16.4. The summed E-state index contributed by atoms with van der Waals surface area (Å²) in [4.78, 5) is 14.3. The van der Waals surface area contributed by atoms with Crippen LogP contribution in [0.4, 0.5) is 19.1 Å². The zero-order valence-electron chi connectivity index (χ0n) is 24.4. The molecule has 2 saturated heterocycles. The Bertz CT molecular complexity index is 1560. The van der Waals surface area contributed by atoms with Crippen LogP contribution in [0.15, 0.2) is 58.5 Å². The Kier molecular flexibility index (Phi) is 11.8. The van der Waals surface area contributed by atoms with E-state index >= 15 is 0 Å². The molecule has 2 fully saturated rings. The van der Waals surface area contributed by atoms with Gasteiger partial charge in [0.2, 0.25) is 11.8 Å². The summed E-state index contributed by atoms with van der Waals surface area (Å²) in [5.41, 5.74) is -0.481. The molecule has 0 spiro atoms. The number of hydrogen-bond acceptors (Lipinski definition) is 9. The Morgan fingerprint density at radius 1 is 1.09 bits per heavy atom. The van der Waals surface area contributed by atoms with Crippen LogP contribution in [0.25, 0.3) is 0 Å². The van der Waals surface area contributed by atoms with Crippen LogP contribution < -0.4 is 9.64 Å². The van der Waals surface area contributed by atoms with Gasteiger partial charge in [-0.25, -0.2) is 4.98 Å². The third-order valence-corrected chi connectivity index (χ3v) is 8.84. The molecule has 0 saturated carbocycles. The lowest BCUT2D eigenvalue weighted by molar-refractivity contribution is -0.154. The molecule has 0 aliphatic carbocycles. The molecular weight excluding hydrogens is 718 g/mol. The average Bonchev–Trinajstić information content (AvgIpc) is 3.04. The van der Waals surface area contributed by atoms with Crippen molar-refractivity contribution in [1.82, 2.24) is 14.9 Å². The van der Waals surface area contributed by atoms with Crippen molar-refractivity contribution in [3.8, 4) is 23.8 Å². The number of nitrogens with zero attached hydrogens (tertiary/aromatic N) is 5. The molecule has 236 valence electrons. The fourth-order valence-corrected chi connectivity index (χ4v) is 6.27. The van der Waals surface area contributed by atoms with Crippen molar-refractivity contribution in [1.29, 1.82) is 5.26 Å². The van der Waals surface area contributed by atoms with E-state index in [2.05, 4.69) is 49.2 Å². The molecule has 0 N–H and O–H groups in total. The van der Waals surface area contributed by atoms with Gasteiger partial charge < -0.3 is 19.1 Å². The number of rotatable bonds is 9. The zero-order valence-corrected chi connectivity index (χ0v) is 27.3. The molecular formula is C32H31F3IN5O3S. The molecule has 13 heteroatoms. The Hall–Kier alpha value is -3.08. The van der Waals surface area contributed by atoms with E-state index in [1.165, 1.54) is 12.1 Å². The Labute approximate surface area is 278 Å². The van der Waals surface area contributed by atoms with Crippen molar-refractivity contribution in [2.75, 3.05) is 50.8 Å². The van der Waals surface area contributed by atoms with Gasteiger partial charge in [-0.2, -0.15) is 23.4 Å². The number of hydrogen-bond donors (Lipinski definition) is 0. The number of piperazine rings is 1. The minimum Gasteiger partial charge on any atom is -0.472 e. The first-order valence-electron chi connectivity index (χ1n) is 14.5. The van der Waals surface area contributed by atoms with Gasteiger partial charge in [-0.15, -0.1) is 0 Å². The summed E-state index contributed by atoms with van der Waals surface area (Å²) in [6, 6.07) is 13.1. The topological polar surface area (TPSA) is 83.7 Å². The van der Waals surface area contributed by atoms with Crippen LogP contribution in [0.5, 0.6) is 5.88 Å². The fourth-order valence-electron chi connectivity index (χ4n) is 4.80. The van der Waals surface area contributed by atoms with Gasteiger partial charge in [0.05, 0.1) is 34.8 Å². The minimum atomic E-state index is -4.66. The number of ether oxygens (including phenoxy) is 3. The van der Waals surface area contributed by atoms with E-state index in [1.807, 2.05) is 24.3 Å². The molecule has 2 aliphatic heterocycles. The van der Waals surface area contributed by atoms with Crippen molar-refractivity contribution in [2.45, 2.75) is 48.1 Å². The monoisotopic (exact) mass is 749 g/mol. The molecule has 2 aliphatic rings. The van der Waals surface area contributed by atoms with Gasteiger partial charge in [-0.05, 0) is 77.7 Å². The third-order valence-electron chi connectivity index (χ3n) is 7.18. The van der Waals surface area contributed by atoms with Crippen LogP contribution in [0.2, 0.25) is 0 Å². The van der Waals surface area contributed by atoms with E-state index in [9.17, 15) is 13.2 Å². The van der Waals surface area contributed by atoms with Gasteiger partial charge in [0.25, 0.3) is 0 Å². The minimum absolute atomic E-state index is 0.145. The molecule has 0 amide bonds. The predicted molar refractivity (Wildman–Crippen MR) is 172 cm³/mol. The molecule has 45 heavy (non-hydrogen) atoms. The maximum absolute atomic E-state index is 13.6. The number of anilines is 1. The second kappa shape index (κ2) is 16.0. The molecule has 3 heterocycles. The maximum Gasteiger partial charge on any atom is 0.417 e. The van der Waals surface area contributed by atoms with Crippen molar-refractivity contribution in [2.24, 2.45) is 0 Å². The van der Waals surface area contributed by atoms with E-state index in [1.54, 1.807) is 12.3 Å². The molecule has 5 rings (SSSR count). The predicted octanol–water partition coefficient (Wildman–Crippen LogP) is 6.37. The van der Waals surface area contributed by atoms with E-state index < -0.39 is 17.3 Å². The van der Waals surface area contributed by atoms with Crippen molar-refractivity contribution >= 4 is 40.3 Å².